The van der Waals surface area contributed by atoms with Crippen molar-refractivity contribution in [2.45, 2.75) is 129 Å². The van der Waals surface area contributed by atoms with Crippen LogP contribution in [0.25, 0.3) is 0 Å². The molecule has 0 bridgehead atoms. The van der Waals surface area contributed by atoms with Crippen molar-refractivity contribution in [1.82, 2.24) is 0 Å². The van der Waals surface area contributed by atoms with Gasteiger partial charge in [-0.3, -0.25) is 0 Å². The Morgan fingerprint density at radius 3 is 1.13 bits per heavy atom. The average molecular weight is 730 g/mol. The molecular weight excluding hydrogens is 680 g/mol. The fourth-order valence-electron chi connectivity index (χ4n) is 4.63. The van der Waals surface area contributed by atoms with Crippen LogP contribution in [0.4, 0.5) is 0 Å². The monoisotopic (exact) mass is 730 g/mol. The summed E-state index contributed by atoms with van der Waals surface area (Å²) in [6.07, 6.45) is 22.7. The van der Waals surface area contributed by atoms with Gasteiger partial charge < -0.3 is 19.8 Å². The summed E-state index contributed by atoms with van der Waals surface area (Å²) in [6.45, 7) is 4.47. The minimum Gasteiger partial charge on any atom is -0.545 e. The van der Waals surface area contributed by atoms with Crippen LogP contribution in [0.5, 0.6) is 0 Å². The summed E-state index contributed by atoms with van der Waals surface area (Å²) in [5.41, 5.74) is 2.79. The van der Waals surface area contributed by atoms with Crippen molar-refractivity contribution in [3.8, 4) is 0 Å². The Morgan fingerprint density at radius 1 is 0.513 bits per heavy atom. The smallest absolute Gasteiger partial charge is 0.545 e. The van der Waals surface area contributed by atoms with Crippen molar-refractivity contribution < 1.29 is 19.8 Å². The fraction of sp³-hybridized carbons (Fsp3) is 0.588. The van der Waals surface area contributed by atoms with Crippen molar-refractivity contribution in [1.29, 1.82) is 0 Å². The van der Waals surface area contributed by atoms with Crippen LogP contribution in [0.3, 0.4) is 0 Å². The second kappa shape index (κ2) is 25.3. The van der Waals surface area contributed by atoms with Gasteiger partial charge in [0.05, 0.1) is 11.9 Å². The summed E-state index contributed by atoms with van der Waals surface area (Å²) in [4.78, 5) is 21.5. The minimum atomic E-state index is -1.09. The molecule has 5 heteroatoms. The van der Waals surface area contributed by atoms with E-state index in [2.05, 4.69) is 13.8 Å². The van der Waals surface area contributed by atoms with Gasteiger partial charge in [0.15, 0.2) is 0 Å². The number of rotatable bonds is 20. The molecule has 0 aliphatic heterocycles. The summed E-state index contributed by atoms with van der Waals surface area (Å²) in [5, 5.41) is 21.5. The first-order valence-corrected chi connectivity index (χ1v) is 15.1. The maximum absolute atomic E-state index is 10.7. The number of carboxylic acid groups (broad SMARTS) is 2. The molecule has 2 aromatic carbocycles. The first kappa shape index (κ1) is 37.3. The van der Waals surface area contributed by atoms with Crippen LogP contribution in [0.15, 0.2) is 48.5 Å². The van der Waals surface area contributed by atoms with Gasteiger partial charge >= 0.3 is 27.3 Å². The van der Waals surface area contributed by atoms with E-state index in [0.717, 1.165) is 36.8 Å². The molecule has 2 rings (SSSR count). The van der Waals surface area contributed by atoms with Gasteiger partial charge in [-0.1, -0.05) is 140 Å². The largest absolute Gasteiger partial charge is 2.00 e. The number of aryl methyl sites for hydroxylation is 2. The maximum Gasteiger partial charge on any atom is 2.00 e. The molecule has 0 aromatic heterocycles. The van der Waals surface area contributed by atoms with Crippen molar-refractivity contribution >= 4 is 39.2 Å². The number of unbranched alkanes of at least 4 members (excludes halogenated alkanes) is 14. The molecule has 0 aliphatic rings. The standard InChI is InChI=1S/2C17H26O2.Pb/c2*1-2-3-4-5-6-7-8-9-11-15-12-10-13-16(14-15)17(18)19;/h2*10,12-14H,2-9,11H2,1H3,(H,18,19);/q;;+2/p-2. The number of hydrogen-bond acceptors (Lipinski definition) is 4. The SMILES string of the molecule is CCCCCCCCCCc1cccc(C(=O)[O-])c1.CCCCCCCCCCc1cccc(C(=O)[O-])c1.[Pb+2]. The Hall–Kier alpha value is -1.70. The molecule has 2 aromatic rings. The molecule has 0 saturated heterocycles. The Kier molecular flexibility index (Phi) is 24.2. The van der Waals surface area contributed by atoms with Crippen LogP contribution in [0.1, 0.15) is 148 Å². The molecule has 0 N–H and O–H groups in total. The van der Waals surface area contributed by atoms with E-state index in [0.29, 0.717) is 0 Å². The van der Waals surface area contributed by atoms with Crippen LogP contribution in [-0.4, -0.2) is 39.2 Å². The van der Waals surface area contributed by atoms with Gasteiger partial charge in [-0.15, -0.1) is 0 Å². The Labute approximate surface area is 258 Å². The number of carbonyl (C=O) groups excluding carboxylic acids is 2. The number of benzene rings is 2. The summed E-state index contributed by atoms with van der Waals surface area (Å²) >= 11 is 0. The molecule has 39 heavy (non-hydrogen) atoms. The normalized spacial score (nSPS) is 10.3. The molecule has 0 saturated carbocycles. The summed E-state index contributed by atoms with van der Waals surface area (Å²) in [7, 11) is 0. The Bertz CT molecular complexity index is 823. The molecule has 0 fully saturated rings. The van der Waals surface area contributed by atoms with E-state index in [1.165, 1.54) is 89.9 Å². The van der Waals surface area contributed by atoms with Crippen LogP contribution < -0.4 is 10.2 Å². The molecule has 0 spiro atoms. The van der Waals surface area contributed by atoms with Crippen LogP contribution in [-0.2, 0) is 12.8 Å². The third kappa shape index (κ3) is 19.9. The number of carbonyl (C=O) groups is 2. The van der Waals surface area contributed by atoms with Gasteiger partial charge in [-0.25, -0.2) is 0 Å². The zero-order chi connectivity index (χ0) is 27.8. The average Bonchev–Trinajstić information content (AvgIpc) is 2.92. The number of carboxylic acids is 2. The van der Waals surface area contributed by atoms with E-state index in [9.17, 15) is 19.8 Å². The summed E-state index contributed by atoms with van der Waals surface area (Å²) in [5.74, 6) is -2.17. The van der Waals surface area contributed by atoms with E-state index in [-0.39, 0.29) is 38.4 Å². The third-order valence-electron chi connectivity index (χ3n) is 6.96. The van der Waals surface area contributed by atoms with Gasteiger partial charge in [-0.2, -0.15) is 0 Å². The van der Waals surface area contributed by atoms with Gasteiger partial charge in [0, 0.05) is 0 Å². The summed E-state index contributed by atoms with van der Waals surface area (Å²) in [6, 6.07) is 14.2. The molecule has 0 unspecified atom stereocenters. The number of hydrogen-bond donors (Lipinski definition) is 0. The number of aromatic carboxylic acids is 2. The fourth-order valence-corrected chi connectivity index (χ4v) is 4.63. The van der Waals surface area contributed by atoms with E-state index < -0.39 is 11.9 Å². The van der Waals surface area contributed by atoms with Crippen molar-refractivity contribution in [3.63, 3.8) is 0 Å². The third-order valence-corrected chi connectivity index (χ3v) is 6.96. The summed E-state index contributed by atoms with van der Waals surface area (Å²) < 4.78 is 0. The van der Waals surface area contributed by atoms with E-state index >= 15 is 0 Å². The van der Waals surface area contributed by atoms with Gasteiger partial charge in [0.1, 0.15) is 0 Å². The molecule has 0 atom stereocenters. The molecule has 0 heterocycles. The predicted molar refractivity (Wildman–Crippen MR) is 160 cm³/mol. The van der Waals surface area contributed by atoms with Gasteiger partial charge in [0.2, 0.25) is 0 Å². The molecule has 4 nitrogen and oxygen atoms in total. The molecule has 2 radical (unpaired) electrons. The van der Waals surface area contributed by atoms with Crippen molar-refractivity contribution in [3.05, 3.63) is 70.8 Å². The van der Waals surface area contributed by atoms with E-state index in [4.69, 9.17) is 0 Å². The second-order valence-electron chi connectivity index (χ2n) is 10.4. The quantitative estimate of drug-likeness (QED) is 0.108. The van der Waals surface area contributed by atoms with E-state index in [1.54, 1.807) is 36.4 Å². The zero-order valence-corrected chi connectivity index (χ0v) is 28.4. The van der Waals surface area contributed by atoms with Crippen molar-refractivity contribution in [2.24, 2.45) is 0 Å². The predicted octanol–water partition coefficient (Wildman–Crippen LogP) is 7.09. The first-order valence-electron chi connectivity index (χ1n) is 15.1. The van der Waals surface area contributed by atoms with Crippen molar-refractivity contribution in [2.75, 3.05) is 0 Å². The van der Waals surface area contributed by atoms with Crippen LogP contribution in [0, 0.1) is 0 Å². The molecule has 214 valence electrons. The minimum absolute atomic E-state index is 0. The Balaban J connectivity index is 0.000000722. The van der Waals surface area contributed by atoms with E-state index in [1.807, 2.05) is 12.1 Å². The second-order valence-corrected chi connectivity index (χ2v) is 10.4. The first-order chi connectivity index (χ1) is 18.5. The van der Waals surface area contributed by atoms with Crippen LogP contribution >= 0.6 is 0 Å². The zero-order valence-electron chi connectivity index (χ0n) is 24.5. The maximum atomic E-state index is 10.7. The molecular formula is C34H50O4Pb. The van der Waals surface area contributed by atoms with Gasteiger partial charge in [-0.05, 0) is 60.1 Å². The van der Waals surface area contributed by atoms with Crippen LogP contribution in [0.2, 0.25) is 0 Å². The molecule has 0 aliphatic carbocycles. The molecule has 0 amide bonds. The topological polar surface area (TPSA) is 80.3 Å². The van der Waals surface area contributed by atoms with Gasteiger partial charge in [0.25, 0.3) is 0 Å². The Morgan fingerprint density at radius 2 is 0.821 bits per heavy atom.